The predicted octanol–water partition coefficient (Wildman–Crippen LogP) is 1.33. The number of benzene rings is 1. The van der Waals surface area contributed by atoms with Gasteiger partial charge in [-0.2, -0.15) is 0 Å². The Balaban J connectivity index is 3.19. The molecule has 0 spiro atoms. The summed E-state index contributed by atoms with van der Waals surface area (Å²) in [6.07, 6.45) is -2.47. The standard InChI is InChI=1S/C11H13ClO4/c1-6-2-3-7(11(15)16)8(4-6)10(14)9(13)5-12/h2-4,9-10,13-14H,5H2,1H3,(H,15,16). The number of hydrogen-bond donors (Lipinski definition) is 3. The Hall–Kier alpha value is -1.10. The van der Waals surface area contributed by atoms with Gasteiger partial charge in [0.15, 0.2) is 0 Å². The van der Waals surface area contributed by atoms with Crippen LogP contribution in [0.25, 0.3) is 0 Å². The first-order valence-electron chi connectivity index (χ1n) is 4.73. The lowest BCUT2D eigenvalue weighted by atomic mass is 9.97. The first-order valence-corrected chi connectivity index (χ1v) is 5.26. The molecule has 0 fully saturated rings. The molecular weight excluding hydrogens is 232 g/mol. The van der Waals surface area contributed by atoms with Crippen LogP contribution in [0.2, 0.25) is 0 Å². The zero-order chi connectivity index (χ0) is 12.3. The fourth-order valence-corrected chi connectivity index (χ4v) is 1.58. The highest BCUT2D eigenvalue weighted by atomic mass is 35.5. The molecular formula is C11H13ClO4. The van der Waals surface area contributed by atoms with Crippen molar-refractivity contribution >= 4 is 17.6 Å². The lowest BCUT2D eigenvalue weighted by Gasteiger charge is -2.18. The van der Waals surface area contributed by atoms with E-state index >= 15 is 0 Å². The molecule has 88 valence electrons. The number of hydrogen-bond acceptors (Lipinski definition) is 3. The maximum absolute atomic E-state index is 10.9. The van der Waals surface area contributed by atoms with Crippen molar-refractivity contribution in [3.8, 4) is 0 Å². The maximum Gasteiger partial charge on any atom is 0.336 e. The molecule has 0 aliphatic heterocycles. The number of carboxylic acid groups (broad SMARTS) is 1. The summed E-state index contributed by atoms with van der Waals surface area (Å²) in [6, 6.07) is 4.56. The van der Waals surface area contributed by atoms with Gasteiger partial charge in [0.2, 0.25) is 0 Å². The van der Waals surface area contributed by atoms with Gasteiger partial charge in [-0.25, -0.2) is 4.79 Å². The van der Waals surface area contributed by atoms with Crippen molar-refractivity contribution in [3.63, 3.8) is 0 Å². The summed E-state index contributed by atoms with van der Waals surface area (Å²) < 4.78 is 0. The lowest BCUT2D eigenvalue weighted by Crippen LogP contribution is -2.22. The van der Waals surface area contributed by atoms with Crippen LogP contribution in [0.3, 0.4) is 0 Å². The van der Waals surface area contributed by atoms with Crippen LogP contribution < -0.4 is 0 Å². The summed E-state index contributed by atoms with van der Waals surface area (Å²) in [5, 5.41) is 28.1. The van der Waals surface area contributed by atoms with Crippen molar-refractivity contribution in [1.82, 2.24) is 0 Å². The molecule has 0 saturated carbocycles. The molecule has 0 aromatic heterocycles. The van der Waals surface area contributed by atoms with Gasteiger partial charge < -0.3 is 15.3 Å². The van der Waals surface area contributed by atoms with Crippen molar-refractivity contribution in [3.05, 3.63) is 34.9 Å². The molecule has 0 aliphatic rings. The molecule has 0 heterocycles. The van der Waals surface area contributed by atoms with E-state index in [0.29, 0.717) is 0 Å². The van der Waals surface area contributed by atoms with E-state index in [0.717, 1.165) is 5.56 Å². The van der Waals surface area contributed by atoms with Gasteiger partial charge in [0.05, 0.1) is 17.5 Å². The zero-order valence-corrected chi connectivity index (χ0v) is 9.48. The van der Waals surface area contributed by atoms with Gasteiger partial charge in [-0.15, -0.1) is 11.6 Å². The Labute approximate surface area is 98.1 Å². The van der Waals surface area contributed by atoms with E-state index in [1.165, 1.54) is 12.1 Å². The summed E-state index contributed by atoms with van der Waals surface area (Å²) in [4.78, 5) is 10.9. The number of halogens is 1. The Kier molecular flexibility index (Phi) is 4.29. The van der Waals surface area contributed by atoms with Crippen LogP contribution in [-0.2, 0) is 0 Å². The van der Waals surface area contributed by atoms with Gasteiger partial charge in [-0.3, -0.25) is 0 Å². The average molecular weight is 245 g/mol. The molecule has 0 amide bonds. The predicted molar refractivity (Wildman–Crippen MR) is 59.8 cm³/mol. The van der Waals surface area contributed by atoms with Crippen molar-refractivity contribution in [2.75, 3.05) is 5.88 Å². The van der Waals surface area contributed by atoms with Crippen LogP contribution in [0.4, 0.5) is 0 Å². The number of aliphatic hydroxyl groups is 2. The second-order valence-electron chi connectivity index (χ2n) is 3.56. The van der Waals surface area contributed by atoms with E-state index in [9.17, 15) is 15.0 Å². The Morgan fingerprint density at radius 3 is 2.56 bits per heavy atom. The topological polar surface area (TPSA) is 77.8 Å². The summed E-state index contributed by atoms with van der Waals surface area (Å²) in [7, 11) is 0. The molecule has 0 aliphatic carbocycles. The van der Waals surface area contributed by atoms with E-state index < -0.39 is 18.2 Å². The summed E-state index contributed by atoms with van der Waals surface area (Å²) in [6.45, 7) is 1.77. The minimum absolute atomic E-state index is 0.0257. The number of rotatable bonds is 4. The number of aryl methyl sites for hydroxylation is 1. The molecule has 0 saturated heterocycles. The molecule has 5 heteroatoms. The monoisotopic (exact) mass is 244 g/mol. The molecule has 1 aromatic carbocycles. The minimum Gasteiger partial charge on any atom is -0.478 e. The fourth-order valence-electron chi connectivity index (χ4n) is 1.41. The van der Waals surface area contributed by atoms with E-state index in [1.54, 1.807) is 13.0 Å². The molecule has 0 bridgehead atoms. The van der Waals surface area contributed by atoms with Gasteiger partial charge in [0.1, 0.15) is 6.10 Å². The number of aromatic carboxylic acids is 1. The lowest BCUT2D eigenvalue weighted by molar-refractivity contribution is 0.0312. The highest BCUT2D eigenvalue weighted by Crippen LogP contribution is 2.23. The van der Waals surface area contributed by atoms with Gasteiger partial charge in [0, 0.05) is 0 Å². The quantitative estimate of drug-likeness (QED) is 0.699. The molecule has 4 nitrogen and oxygen atoms in total. The van der Waals surface area contributed by atoms with Crippen LogP contribution in [0, 0.1) is 6.92 Å². The van der Waals surface area contributed by atoms with Crippen LogP contribution in [0.1, 0.15) is 27.6 Å². The third kappa shape index (κ3) is 2.72. The minimum atomic E-state index is -1.29. The molecule has 2 atom stereocenters. The van der Waals surface area contributed by atoms with E-state index in [4.69, 9.17) is 16.7 Å². The van der Waals surface area contributed by atoms with Crippen molar-refractivity contribution in [2.24, 2.45) is 0 Å². The van der Waals surface area contributed by atoms with Crippen molar-refractivity contribution in [1.29, 1.82) is 0 Å². The Morgan fingerprint density at radius 2 is 2.06 bits per heavy atom. The number of carbonyl (C=O) groups is 1. The van der Waals surface area contributed by atoms with Gasteiger partial charge in [-0.1, -0.05) is 17.7 Å². The molecule has 2 unspecified atom stereocenters. The third-order valence-electron chi connectivity index (χ3n) is 2.28. The van der Waals surface area contributed by atoms with Crippen LogP contribution in [0.15, 0.2) is 18.2 Å². The second-order valence-corrected chi connectivity index (χ2v) is 3.87. The maximum atomic E-state index is 10.9. The third-order valence-corrected chi connectivity index (χ3v) is 2.59. The first kappa shape index (κ1) is 13.0. The van der Waals surface area contributed by atoms with Crippen LogP contribution in [-0.4, -0.2) is 33.3 Å². The highest BCUT2D eigenvalue weighted by molar-refractivity contribution is 6.18. The molecule has 3 N–H and O–H groups in total. The summed E-state index contributed by atoms with van der Waals surface area (Å²) in [5.74, 6) is -1.30. The zero-order valence-electron chi connectivity index (χ0n) is 8.72. The summed E-state index contributed by atoms with van der Waals surface area (Å²) in [5.41, 5.74) is 0.962. The summed E-state index contributed by atoms with van der Waals surface area (Å²) >= 11 is 5.41. The van der Waals surface area contributed by atoms with Gasteiger partial charge in [-0.05, 0) is 18.6 Å². The van der Waals surface area contributed by atoms with E-state index in [2.05, 4.69) is 0 Å². The first-order chi connectivity index (χ1) is 7.47. The van der Waals surface area contributed by atoms with Gasteiger partial charge in [0.25, 0.3) is 0 Å². The van der Waals surface area contributed by atoms with E-state index in [-0.39, 0.29) is 17.0 Å². The van der Waals surface area contributed by atoms with Crippen LogP contribution in [0.5, 0.6) is 0 Å². The molecule has 16 heavy (non-hydrogen) atoms. The average Bonchev–Trinajstić information content (AvgIpc) is 2.26. The molecule has 1 rings (SSSR count). The normalized spacial score (nSPS) is 14.5. The van der Waals surface area contributed by atoms with Crippen molar-refractivity contribution < 1.29 is 20.1 Å². The van der Waals surface area contributed by atoms with Gasteiger partial charge >= 0.3 is 5.97 Å². The van der Waals surface area contributed by atoms with E-state index in [1.807, 2.05) is 0 Å². The molecule has 0 radical (unpaired) electrons. The number of carboxylic acids is 1. The number of alkyl halides is 1. The second kappa shape index (κ2) is 5.30. The number of aliphatic hydroxyl groups excluding tert-OH is 2. The SMILES string of the molecule is Cc1ccc(C(=O)O)c(C(O)C(O)CCl)c1. The highest BCUT2D eigenvalue weighted by Gasteiger charge is 2.22. The largest absolute Gasteiger partial charge is 0.478 e. The Bertz CT molecular complexity index is 392. The van der Waals surface area contributed by atoms with Crippen LogP contribution >= 0.6 is 11.6 Å². The Morgan fingerprint density at radius 1 is 1.44 bits per heavy atom. The fraction of sp³-hybridized carbons (Fsp3) is 0.364. The van der Waals surface area contributed by atoms with Crippen molar-refractivity contribution in [2.45, 2.75) is 19.1 Å². The molecule has 1 aromatic rings. The smallest absolute Gasteiger partial charge is 0.336 e.